The van der Waals surface area contributed by atoms with Crippen LogP contribution < -0.4 is 5.32 Å². The molecule has 1 heterocycles. The van der Waals surface area contributed by atoms with Crippen molar-refractivity contribution in [3.8, 4) is 0 Å². The standard InChI is InChI=1S/C17H33N3O2/c1-15(14-20-10-8-19(2)9-11-20)13-18-16(21)12-17(22)6-4-3-5-7-17/h15,22H,3-14H2,1-2H3,(H,18,21). The number of rotatable bonds is 6. The highest BCUT2D eigenvalue weighted by Gasteiger charge is 2.31. The Morgan fingerprint density at radius 1 is 1.18 bits per heavy atom. The van der Waals surface area contributed by atoms with Crippen LogP contribution in [-0.4, -0.2) is 72.7 Å². The van der Waals surface area contributed by atoms with Crippen molar-refractivity contribution in [1.29, 1.82) is 0 Å². The second-order valence-electron chi connectivity index (χ2n) is 7.47. The third-order valence-corrected chi connectivity index (χ3v) is 5.09. The quantitative estimate of drug-likeness (QED) is 0.770. The molecule has 1 saturated heterocycles. The van der Waals surface area contributed by atoms with E-state index in [1.54, 1.807) is 0 Å². The van der Waals surface area contributed by atoms with Gasteiger partial charge in [0.25, 0.3) is 0 Å². The molecule has 0 spiro atoms. The molecule has 0 aromatic rings. The van der Waals surface area contributed by atoms with E-state index in [-0.39, 0.29) is 12.3 Å². The summed E-state index contributed by atoms with van der Waals surface area (Å²) in [5.41, 5.74) is -0.747. The molecule has 5 nitrogen and oxygen atoms in total. The highest BCUT2D eigenvalue weighted by atomic mass is 16.3. The molecule has 1 aliphatic heterocycles. The normalized spacial score (nSPS) is 24.9. The summed E-state index contributed by atoms with van der Waals surface area (Å²) in [4.78, 5) is 16.9. The van der Waals surface area contributed by atoms with Gasteiger partial charge >= 0.3 is 0 Å². The second-order valence-corrected chi connectivity index (χ2v) is 7.47. The Hall–Kier alpha value is -0.650. The fraction of sp³-hybridized carbons (Fsp3) is 0.941. The number of carbonyl (C=O) groups excluding carboxylic acids is 1. The van der Waals surface area contributed by atoms with Gasteiger partial charge < -0.3 is 20.2 Å². The van der Waals surface area contributed by atoms with Crippen molar-refractivity contribution < 1.29 is 9.90 Å². The first-order valence-corrected chi connectivity index (χ1v) is 8.87. The Balaban J connectivity index is 1.63. The third-order valence-electron chi connectivity index (χ3n) is 5.09. The van der Waals surface area contributed by atoms with Gasteiger partial charge in [0.2, 0.25) is 5.91 Å². The Morgan fingerprint density at radius 2 is 1.82 bits per heavy atom. The Labute approximate surface area is 135 Å². The van der Waals surface area contributed by atoms with Gasteiger partial charge in [0, 0.05) is 39.3 Å². The van der Waals surface area contributed by atoms with Gasteiger partial charge in [-0.1, -0.05) is 26.2 Å². The molecule has 1 saturated carbocycles. The summed E-state index contributed by atoms with van der Waals surface area (Å²) in [6.45, 7) is 8.44. The first-order chi connectivity index (χ1) is 10.5. The Bertz CT molecular complexity index is 348. The van der Waals surface area contributed by atoms with Crippen LogP contribution >= 0.6 is 0 Å². The lowest BCUT2D eigenvalue weighted by Gasteiger charge is -2.34. The van der Waals surface area contributed by atoms with Gasteiger partial charge in [-0.2, -0.15) is 0 Å². The summed E-state index contributed by atoms with van der Waals surface area (Å²) in [6.07, 6.45) is 5.10. The van der Waals surface area contributed by atoms with E-state index >= 15 is 0 Å². The van der Waals surface area contributed by atoms with Gasteiger partial charge in [0.05, 0.1) is 12.0 Å². The number of nitrogens with zero attached hydrogens (tertiary/aromatic N) is 2. The fourth-order valence-electron chi connectivity index (χ4n) is 3.57. The van der Waals surface area contributed by atoms with Crippen LogP contribution in [0.15, 0.2) is 0 Å². The number of nitrogens with one attached hydrogen (secondary N) is 1. The third kappa shape index (κ3) is 5.86. The van der Waals surface area contributed by atoms with E-state index in [9.17, 15) is 9.90 Å². The Morgan fingerprint density at radius 3 is 2.45 bits per heavy atom. The highest BCUT2D eigenvalue weighted by molar-refractivity contribution is 5.77. The zero-order valence-electron chi connectivity index (χ0n) is 14.3. The number of aliphatic hydroxyl groups is 1. The molecule has 2 fully saturated rings. The highest BCUT2D eigenvalue weighted by Crippen LogP contribution is 2.30. The van der Waals surface area contributed by atoms with Crippen molar-refractivity contribution in [2.45, 2.75) is 51.0 Å². The first kappa shape index (κ1) is 17.7. The minimum Gasteiger partial charge on any atom is -0.389 e. The molecule has 0 radical (unpaired) electrons. The largest absolute Gasteiger partial charge is 0.389 e. The average molecular weight is 311 g/mol. The number of hydrogen-bond acceptors (Lipinski definition) is 4. The molecule has 2 aliphatic rings. The maximum Gasteiger partial charge on any atom is 0.222 e. The van der Waals surface area contributed by atoms with Gasteiger partial charge in [-0.05, 0) is 25.8 Å². The van der Waals surface area contributed by atoms with Crippen LogP contribution in [-0.2, 0) is 4.79 Å². The van der Waals surface area contributed by atoms with E-state index in [0.717, 1.165) is 58.4 Å². The van der Waals surface area contributed by atoms with Crippen LogP contribution in [0.25, 0.3) is 0 Å². The van der Waals surface area contributed by atoms with Crippen molar-refractivity contribution in [3.05, 3.63) is 0 Å². The van der Waals surface area contributed by atoms with Crippen LogP contribution in [0.2, 0.25) is 0 Å². The van der Waals surface area contributed by atoms with E-state index in [1.165, 1.54) is 6.42 Å². The molecule has 2 N–H and O–H groups in total. The molecule has 22 heavy (non-hydrogen) atoms. The SMILES string of the molecule is CC(CNC(=O)CC1(O)CCCCC1)CN1CCN(C)CC1. The molecule has 1 unspecified atom stereocenters. The van der Waals surface area contributed by atoms with Crippen LogP contribution in [0.1, 0.15) is 45.4 Å². The number of piperazine rings is 1. The molecular formula is C17H33N3O2. The Kier molecular flexibility index (Phi) is 6.66. The average Bonchev–Trinajstić information content (AvgIpc) is 2.48. The predicted octanol–water partition coefficient (Wildman–Crippen LogP) is 1.07. The van der Waals surface area contributed by atoms with Gasteiger partial charge in [0.15, 0.2) is 0 Å². The van der Waals surface area contributed by atoms with E-state index in [2.05, 4.69) is 29.1 Å². The molecule has 0 aromatic carbocycles. The van der Waals surface area contributed by atoms with Gasteiger partial charge in [-0.15, -0.1) is 0 Å². The number of likely N-dealkylation sites (N-methyl/N-ethyl adjacent to an activating group) is 1. The van der Waals surface area contributed by atoms with E-state index < -0.39 is 5.60 Å². The molecule has 5 heteroatoms. The molecule has 1 atom stereocenters. The van der Waals surface area contributed by atoms with Crippen molar-refractivity contribution >= 4 is 5.91 Å². The first-order valence-electron chi connectivity index (χ1n) is 8.87. The molecule has 2 rings (SSSR count). The molecular weight excluding hydrogens is 278 g/mol. The van der Waals surface area contributed by atoms with Crippen molar-refractivity contribution in [1.82, 2.24) is 15.1 Å². The number of hydrogen-bond donors (Lipinski definition) is 2. The fourth-order valence-corrected chi connectivity index (χ4v) is 3.57. The lowest BCUT2D eigenvalue weighted by atomic mass is 9.82. The topological polar surface area (TPSA) is 55.8 Å². The summed E-state index contributed by atoms with van der Waals surface area (Å²) >= 11 is 0. The van der Waals surface area contributed by atoms with Crippen LogP contribution in [0.5, 0.6) is 0 Å². The maximum absolute atomic E-state index is 12.1. The summed E-state index contributed by atoms with van der Waals surface area (Å²) < 4.78 is 0. The predicted molar refractivity (Wildman–Crippen MR) is 88.8 cm³/mol. The summed E-state index contributed by atoms with van der Waals surface area (Å²) in [5, 5.41) is 13.4. The van der Waals surface area contributed by atoms with Crippen LogP contribution in [0.4, 0.5) is 0 Å². The van der Waals surface area contributed by atoms with Gasteiger partial charge in [-0.25, -0.2) is 0 Å². The summed E-state index contributed by atoms with van der Waals surface area (Å²) in [7, 11) is 2.16. The summed E-state index contributed by atoms with van der Waals surface area (Å²) in [6, 6.07) is 0. The lowest BCUT2D eigenvalue weighted by Crippen LogP contribution is -2.47. The van der Waals surface area contributed by atoms with E-state index in [4.69, 9.17) is 0 Å². The zero-order valence-corrected chi connectivity index (χ0v) is 14.3. The maximum atomic E-state index is 12.1. The number of amides is 1. The van der Waals surface area contributed by atoms with E-state index in [1.807, 2.05) is 0 Å². The van der Waals surface area contributed by atoms with Crippen LogP contribution in [0, 0.1) is 5.92 Å². The van der Waals surface area contributed by atoms with Crippen molar-refractivity contribution in [2.75, 3.05) is 46.3 Å². The molecule has 0 aromatic heterocycles. The van der Waals surface area contributed by atoms with Crippen LogP contribution in [0.3, 0.4) is 0 Å². The van der Waals surface area contributed by atoms with Crippen molar-refractivity contribution in [2.24, 2.45) is 5.92 Å². The molecule has 128 valence electrons. The molecule has 1 amide bonds. The van der Waals surface area contributed by atoms with Crippen molar-refractivity contribution in [3.63, 3.8) is 0 Å². The molecule has 0 bridgehead atoms. The zero-order chi connectivity index (χ0) is 16.0. The summed E-state index contributed by atoms with van der Waals surface area (Å²) in [5.74, 6) is 0.461. The minimum atomic E-state index is -0.747. The van der Waals surface area contributed by atoms with Gasteiger partial charge in [0.1, 0.15) is 0 Å². The minimum absolute atomic E-state index is 0.00891. The second kappa shape index (κ2) is 8.27. The lowest BCUT2D eigenvalue weighted by molar-refractivity contribution is -0.127. The molecule has 1 aliphatic carbocycles. The smallest absolute Gasteiger partial charge is 0.222 e. The monoisotopic (exact) mass is 311 g/mol. The van der Waals surface area contributed by atoms with Gasteiger partial charge in [-0.3, -0.25) is 4.79 Å². The number of carbonyl (C=O) groups is 1. The van der Waals surface area contributed by atoms with E-state index in [0.29, 0.717) is 12.5 Å².